The Morgan fingerprint density at radius 3 is 2.73 bits per heavy atom. The molecule has 2 radical (unpaired) electrons. The summed E-state index contributed by atoms with van der Waals surface area (Å²) in [5, 5.41) is 8.20. The van der Waals surface area contributed by atoms with E-state index in [1.165, 1.54) is 12.1 Å². The summed E-state index contributed by atoms with van der Waals surface area (Å²) in [5.41, 5.74) is 4.12. The molecule has 3 heterocycles. The highest BCUT2D eigenvalue weighted by atomic mass is 19.1. The van der Waals surface area contributed by atoms with Crippen LogP contribution >= 0.6 is 0 Å². The Balaban J connectivity index is 1.53. The minimum absolute atomic E-state index is 0.220. The first-order valence-electron chi connectivity index (χ1n) is 10.4. The first-order chi connectivity index (χ1) is 15.8. The number of ether oxygens (including phenoxy) is 1. The second kappa shape index (κ2) is 8.01. The van der Waals surface area contributed by atoms with Crippen molar-refractivity contribution in [2.24, 2.45) is 0 Å². The molecule has 5 rings (SSSR count). The van der Waals surface area contributed by atoms with Gasteiger partial charge in [0.2, 0.25) is 0 Å². The number of rotatable bonds is 3. The van der Waals surface area contributed by atoms with Crippen LogP contribution in [0.25, 0.3) is 22.0 Å². The molecule has 1 unspecified atom stereocenters. The van der Waals surface area contributed by atoms with Crippen LogP contribution in [0.15, 0.2) is 47.3 Å². The molecule has 1 aliphatic heterocycles. The number of fused-ring (bicyclic) bond motifs is 3. The van der Waals surface area contributed by atoms with Crippen molar-refractivity contribution in [3.8, 4) is 11.3 Å². The second-order valence-corrected chi connectivity index (χ2v) is 8.22. The van der Waals surface area contributed by atoms with Crippen molar-refractivity contribution in [1.29, 1.82) is 0 Å². The van der Waals surface area contributed by atoms with Crippen LogP contribution in [0, 0.1) is 12.7 Å². The van der Waals surface area contributed by atoms with E-state index in [0.717, 1.165) is 11.1 Å². The van der Waals surface area contributed by atoms with Gasteiger partial charge in [0, 0.05) is 29.3 Å². The third-order valence-corrected chi connectivity index (χ3v) is 6.12. The summed E-state index contributed by atoms with van der Waals surface area (Å²) in [4.78, 5) is 30.4. The highest BCUT2D eigenvalue weighted by Gasteiger charge is 2.31. The number of H-pyrrole nitrogens is 2. The van der Waals surface area contributed by atoms with E-state index in [2.05, 4.69) is 15.2 Å². The monoisotopic (exact) mass is 442 g/mol. The van der Waals surface area contributed by atoms with Crippen molar-refractivity contribution in [3.05, 3.63) is 81.2 Å². The minimum atomic E-state index is -0.444. The van der Waals surface area contributed by atoms with Gasteiger partial charge in [0.05, 0.1) is 24.9 Å². The second-order valence-electron chi connectivity index (χ2n) is 8.22. The number of benzene rings is 2. The number of hydrogen-bond donors (Lipinski definition) is 2. The molecule has 1 atom stereocenters. The van der Waals surface area contributed by atoms with Gasteiger partial charge in [0.25, 0.3) is 11.5 Å². The lowest BCUT2D eigenvalue weighted by Gasteiger charge is -2.33. The maximum atomic E-state index is 13.3. The molecule has 1 aliphatic rings. The number of aromatic amines is 2. The third kappa shape index (κ3) is 3.64. The van der Waals surface area contributed by atoms with E-state index >= 15 is 0 Å². The number of halogens is 1. The smallest absolute Gasteiger partial charge is 0.272 e. The molecule has 0 spiro atoms. The quantitative estimate of drug-likeness (QED) is 0.477. The Labute approximate surface area is 190 Å². The lowest BCUT2D eigenvalue weighted by atomic mass is 9.86. The highest BCUT2D eigenvalue weighted by Crippen LogP contribution is 2.33. The number of nitrogens with one attached hydrogen (secondary N) is 2. The van der Waals surface area contributed by atoms with E-state index in [9.17, 15) is 14.0 Å². The van der Waals surface area contributed by atoms with E-state index in [1.54, 1.807) is 42.3 Å². The van der Waals surface area contributed by atoms with Gasteiger partial charge < -0.3 is 14.6 Å². The van der Waals surface area contributed by atoms with Gasteiger partial charge in [-0.3, -0.25) is 14.7 Å². The van der Waals surface area contributed by atoms with E-state index in [-0.39, 0.29) is 36.2 Å². The molecule has 0 aliphatic carbocycles. The fraction of sp³-hybridized carbons (Fsp3) is 0.208. The molecule has 1 amide bonds. The van der Waals surface area contributed by atoms with Crippen LogP contribution in [0.4, 0.5) is 4.39 Å². The van der Waals surface area contributed by atoms with Crippen molar-refractivity contribution in [2.45, 2.75) is 19.6 Å². The van der Waals surface area contributed by atoms with Gasteiger partial charge in [-0.15, -0.1) is 0 Å². The van der Waals surface area contributed by atoms with Crippen molar-refractivity contribution in [1.82, 2.24) is 20.1 Å². The van der Waals surface area contributed by atoms with Crippen molar-refractivity contribution < 1.29 is 13.9 Å². The molecule has 0 saturated carbocycles. The molecule has 2 aromatic heterocycles. The first-order valence-corrected chi connectivity index (χ1v) is 10.4. The zero-order valence-corrected chi connectivity index (χ0v) is 18.1. The summed E-state index contributed by atoms with van der Waals surface area (Å²) in [5.74, 6) is -0.640. The number of likely N-dealkylation sites (N-methyl/N-ethyl adjacent to an activating group) is 1. The molecule has 9 heteroatoms. The Kier molecular flexibility index (Phi) is 5.13. The SMILES string of the molecule is [B]c1cc2c3c([nH]c(=O)c2cc1C)COCC3N(C)C(=O)c1cc(-c2ccc(F)cc2)n[nH]1. The number of aryl methyl sites for hydroxylation is 1. The predicted molar refractivity (Wildman–Crippen MR) is 123 cm³/mol. The number of pyridine rings is 1. The fourth-order valence-electron chi connectivity index (χ4n) is 4.26. The number of carbonyl (C=O) groups excluding carboxylic acids is 1. The Morgan fingerprint density at radius 2 is 1.97 bits per heavy atom. The van der Waals surface area contributed by atoms with Crippen LogP contribution in [0.2, 0.25) is 0 Å². The summed E-state index contributed by atoms with van der Waals surface area (Å²) in [7, 11) is 7.83. The molecule has 2 aromatic carbocycles. The van der Waals surface area contributed by atoms with Crippen molar-refractivity contribution >= 4 is 30.0 Å². The number of nitrogens with zero attached hydrogens (tertiary/aromatic N) is 2. The average molecular weight is 442 g/mol. The number of amides is 1. The van der Waals surface area contributed by atoms with Gasteiger partial charge in [-0.05, 0) is 48.7 Å². The average Bonchev–Trinajstić information content (AvgIpc) is 3.30. The van der Waals surface area contributed by atoms with Crippen molar-refractivity contribution in [2.75, 3.05) is 13.7 Å². The van der Waals surface area contributed by atoms with Crippen LogP contribution < -0.4 is 11.0 Å². The summed E-state index contributed by atoms with van der Waals surface area (Å²) in [6.07, 6.45) is 0. The maximum absolute atomic E-state index is 13.3. The molecule has 0 saturated heterocycles. The standard InChI is InChI=1S/C24H20BFN4O3/c1-12-7-16-15(8-17(12)25)22-20(27-23(16)31)10-33-11-21(22)30(2)24(32)19-9-18(28-29-19)13-3-5-14(26)6-4-13/h3-9,21H,10-11H2,1-2H3,(H,27,31)(H,28,29). The largest absolute Gasteiger partial charge is 0.373 e. The maximum Gasteiger partial charge on any atom is 0.272 e. The van der Waals surface area contributed by atoms with Crippen LogP contribution in [0.1, 0.15) is 33.4 Å². The van der Waals surface area contributed by atoms with E-state index in [0.29, 0.717) is 33.2 Å². The number of hydrogen-bond acceptors (Lipinski definition) is 4. The molecule has 0 fully saturated rings. The summed E-state index contributed by atoms with van der Waals surface area (Å²) in [6.45, 7) is 2.36. The van der Waals surface area contributed by atoms with Gasteiger partial charge in [-0.1, -0.05) is 17.1 Å². The topological polar surface area (TPSA) is 91.1 Å². The molecule has 7 nitrogen and oxygen atoms in total. The molecule has 2 N–H and O–H groups in total. The Hall–Kier alpha value is -3.72. The summed E-state index contributed by atoms with van der Waals surface area (Å²) < 4.78 is 18.9. The lowest BCUT2D eigenvalue weighted by Crippen LogP contribution is -2.38. The summed E-state index contributed by atoms with van der Waals surface area (Å²) in [6, 6.07) is 10.6. The zero-order valence-electron chi connectivity index (χ0n) is 18.1. The zero-order chi connectivity index (χ0) is 23.3. The molecule has 33 heavy (non-hydrogen) atoms. The van der Waals surface area contributed by atoms with Crippen LogP contribution in [0.3, 0.4) is 0 Å². The van der Waals surface area contributed by atoms with Gasteiger partial charge >= 0.3 is 0 Å². The Bertz CT molecular complexity index is 1440. The van der Waals surface area contributed by atoms with E-state index < -0.39 is 6.04 Å². The van der Waals surface area contributed by atoms with Gasteiger partial charge in [0.1, 0.15) is 19.4 Å². The highest BCUT2D eigenvalue weighted by molar-refractivity contribution is 6.34. The van der Waals surface area contributed by atoms with Crippen molar-refractivity contribution in [3.63, 3.8) is 0 Å². The molecular weight excluding hydrogens is 422 g/mol. The lowest BCUT2D eigenvalue weighted by molar-refractivity contribution is 0.0332. The normalized spacial score (nSPS) is 15.4. The van der Waals surface area contributed by atoms with Crippen LogP contribution in [-0.2, 0) is 11.3 Å². The van der Waals surface area contributed by atoms with E-state index in [4.69, 9.17) is 12.6 Å². The number of aromatic nitrogens is 3. The molecule has 164 valence electrons. The third-order valence-electron chi connectivity index (χ3n) is 6.12. The molecule has 4 aromatic rings. The van der Waals surface area contributed by atoms with Gasteiger partial charge in [-0.2, -0.15) is 5.10 Å². The van der Waals surface area contributed by atoms with E-state index in [1.807, 2.05) is 6.92 Å². The van der Waals surface area contributed by atoms with Gasteiger partial charge in [0.15, 0.2) is 0 Å². The first kappa shape index (κ1) is 21.1. The fourth-order valence-corrected chi connectivity index (χ4v) is 4.26. The summed E-state index contributed by atoms with van der Waals surface area (Å²) >= 11 is 0. The van der Waals surface area contributed by atoms with Crippen LogP contribution in [-0.4, -0.2) is 47.5 Å². The predicted octanol–water partition coefficient (Wildman–Crippen LogP) is 2.50. The number of carbonyl (C=O) groups is 1. The molecular formula is C24H20BFN4O3. The van der Waals surface area contributed by atoms with Gasteiger partial charge in [-0.25, -0.2) is 4.39 Å². The minimum Gasteiger partial charge on any atom is -0.373 e. The Morgan fingerprint density at radius 1 is 1.21 bits per heavy atom. The van der Waals surface area contributed by atoms with Crippen LogP contribution in [0.5, 0.6) is 0 Å². The molecule has 0 bridgehead atoms.